The van der Waals surface area contributed by atoms with Crippen LogP contribution >= 0.6 is 0 Å². The van der Waals surface area contributed by atoms with Gasteiger partial charge in [0.05, 0.1) is 12.9 Å². The maximum Gasteiger partial charge on any atom is 0.513 e. The molecule has 0 spiro atoms. The summed E-state index contributed by atoms with van der Waals surface area (Å²) in [5, 5.41) is 5.53. The van der Waals surface area contributed by atoms with Crippen LogP contribution in [0.15, 0.2) is 71.3 Å². The van der Waals surface area contributed by atoms with Gasteiger partial charge in [0.1, 0.15) is 5.75 Å². The molecule has 1 heterocycles. The van der Waals surface area contributed by atoms with Crippen LogP contribution in [0.25, 0.3) is 0 Å². The average Bonchev–Trinajstić information content (AvgIpc) is 3.29. The molecule has 1 aromatic heterocycles. The highest BCUT2D eigenvalue weighted by Crippen LogP contribution is 2.16. The third-order valence-corrected chi connectivity index (χ3v) is 3.99. The van der Waals surface area contributed by atoms with E-state index >= 15 is 0 Å². The Bertz CT molecular complexity index is 995. The van der Waals surface area contributed by atoms with Gasteiger partial charge in [-0.05, 0) is 61.0 Å². The van der Waals surface area contributed by atoms with Crippen molar-refractivity contribution in [2.75, 3.05) is 11.9 Å². The lowest BCUT2D eigenvalue weighted by atomic mass is 10.1. The molecule has 0 fully saturated rings. The highest BCUT2D eigenvalue weighted by molar-refractivity contribution is 6.04. The summed E-state index contributed by atoms with van der Waals surface area (Å²) in [5.41, 5.74) is 1.88. The fourth-order valence-electron chi connectivity index (χ4n) is 2.50. The molecule has 3 rings (SSSR count). The number of carbonyl (C=O) groups excluding carboxylic acids is 3. The molecule has 0 bridgehead atoms. The van der Waals surface area contributed by atoms with Crippen molar-refractivity contribution in [3.8, 4) is 5.75 Å². The predicted molar refractivity (Wildman–Crippen MR) is 108 cm³/mol. The van der Waals surface area contributed by atoms with E-state index in [0.717, 1.165) is 5.56 Å². The number of anilines is 1. The van der Waals surface area contributed by atoms with Gasteiger partial charge in [-0.2, -0.15) is 0 Å². The minimum absolute atomic E-state index is 0.217. The zero-order chi connectivity index (χ0) is 21.3. The fraction of sp³-hybridized carbons (Fsp3) is 0.136. The Balaban J connectivity index is 1.51. The maximum absolute atomic E-state index is 12.4. The number of rotatable bonds is 7. The summed E-state index contributed by atoms with van der Waals surface area (Å²) in [6, 6.07) is 16.4. The highest BCUT2D eigenvalue weighted by atomic mass is 16.7. The van der Waals surface area contributed by atoms with Crippen molar-refractivity contribution in [1.82, 2.24) is 5.32 Å². The molecule has 154 valence electrons. The molecule has 8 heteroatoms. The quantitative estimate of drug-likeness (QED) is 0.452. The molecule has 0 saturated heterocycles. The fourth-order valence-corrected chi connectivity index (χ4v) is 2.50. The zero-order valence-electron chi connectivity index (χ0n) is 16.2. The van der Waals surface area contributed by atoms with E-state index < -0.39 is 6.16 Å². The number of benzene rings is 2. The Labute approximate surface area is 172 Å². The van der Waals surface area contributed by atoms with Crippen LogP contribution in [0.1, 0.15) is 33.4 Å². The summed E-state index contributed by atoms with van der Waals surface area (Å²) < 4.78 is 14.7. The predicted octanol–water partition coefficient (Wildman–Crippen LogP) is 4.00. The molecule has 3 aromatic rings. The number of ether oxygens (including phenoxy) is 2. The number of amides is 2. The van der Waals surface area contributed by atoms with E-state index in [-0.39, 0.29) is 29.9 Å². The number of furan rings is 1. The van der Waals surface area contributed by atoms with Crippen molar-refractivity contribution in [2.45, 2.75) is 13.5 Å². The van der Waals surface area contributed by atoms with Crippen LogP contribution in [0, 0.1) is 0 Å². The Morgan fingerprint density at radius 3 is 2.30 bits per heavy atom. The summed E-state index contributed by atoms with van der Waals surface area (Å²) in [6.07, 6.45) is 0.642. The van der Waals surface area contributed by atoms with Gasteiger partial charge in [-0.1, -0.05) is 12.1 Å². The molecule has 0 unspecified atom stereocenters. The number of hydrogen-bond donors (Lipinski definition) is 2. The Morgan fingerprint density at radius 1 is 0.933 bits per heavy atom. The molecule has 8 nitrogen and oxygen atoms in total. The molecule has 2 aromatic carbocycles. The van der Waals surface area contributed by atoms with Gasteiger partial charge in [0, 0.05) is 17.8 Å². The lowest BCUT2D eigenvalue weighted by molar-refractivity contribution is 0.0922. The van der Waals surface area contributed by atoms with Crippen LogP contribution in [0.3, 0.4) is 0 Å². The minimum Gasteiger partial charge on any atom is -0.459 e. The van der Waals surface area contributed by atoms with Crippen LogP contribution in [0.2, 0.25) is 0 Å². The normalized spacial score (nSPS) is 10.2. The maximum atomic E-state index is 12.4. The topological polar surface area (TPSA) is 107 Å². The van der Waals surface area contributed by atoms with Crippen LogP contribution in [-0.2, 0) is 11.3 Å². The summed E-state index contributed by atoms with van der Waals surface area (Å²) >= 11 is 0. The lowest BCUT2D eigenvalue weighted by Crippen LogP contribution is -2.22. The Kier molecular flexibility index (Phi) is 6.83. The molecular formula is C22H20N2O6. The van der Waals surface area contributed by atoms with Crippen LogP contribution < -0.4 is 15.4 Å². The van der Waals surface area contributed by atoms with Gasteiger partial charge in [0.25, 0.3) is 11.8 Å². The Morgan fingerprint density at radius 2 is 1.67 bits per heavy atom. The average molecular weight is 408 g/mol. The third kappa shape index (κ3) is 5.71. The van der Waals surface area contributed by atoms with E-state index in [1.54, 1.807) is 55.5 Å². The van der Waals surface area contributed by atoms with Crippen LogP contribution in [0.5, 0.6) is 5.75 Å². The first-order valence-electron chi connectivity index (χ1n) is 9.22. The van der Waals surface area contributed by atoms with E-state index in [1.807, 2.05) is 0 Å². The van der Waals surface area contributed by atoms with E-state index in [0.29, 0.717) is 17.8 Å². The number of hydrogen-bond acceptors (Lipinski definition) is 6. The van der Waals surface area contributed by atoms with E-state index in [1.165, 1.54) is 18.4 Å². The van der Waals surface area contributed by atoms with Crippen molar-refractivity contribution in [3.05, 3.63) is 83.8 Å². The van der Waals surface area contributed by atoms with Crippen molar-refractivity contribution in [3.63, 3.8) is 0 Å². The summed E-state index contributed by atoms with van der Waals surface area (Å²) in [7, 11) is 0. The molecular weight excluding hydrogens is 388 g/mol. The van der Waals surface area contributed by atoms with Crippen LogP contribution in [0.4, 0.5) is 10.5 Å². The van der Waals surface area contributed by atoms with Crippen molar-refractivity contribution in [1.29, 1.82) is 0 Å². The second kappa shape index (κ2) is 9.92. The monoisotopic (exact) mass is 408 g/mol. The van der Waals surface area contributed by atoms with Gasteiger partial charge in [-0.3, -0.25) is 9.59 Å². The number of nitrogens with one attached hydrogen (secondary N) is 2. The van der Waals surface area contributed by atoms with Crippen molar-refractivity contribution < 1.29 is 28.3 Å². The van der Waals surface area contributed by atoms with Gasteiger partial charge in [0.2, 0.25) is 0 Å². The van der Waals surface area contributed by atoms with Crippen molar-refractivity contribution in [2.24, 2.45) is 0 Å². The van der Waals surface area contributed by atoms with Gasteiger partial charge in [-0.15, -0.1) is 0 Å². The van der Waals surface area contributed by atoms with E-state index in [9.17, 15) is 14.4 Å². The molecule has 2 N–H and O–H groups in total. The van der Waals surface area contributed by atoms with Gasteiger partial charge < -0.3 is 24.5 Å². The lowest BCUT2D eigenvalue weighted by Gasteiger charge is -2.08. The van der Waals surface area contributed by atoms with E-state index in [4.69, 9.17) is 13.9 Å². The van der Waals surface area contributed by atoms with Gasteiger partial charge >= 0.3 is 6.16 Å². The second-order valence-electron chi connectivity index (χ2n) is 6.12. The zero-order valence-corrected chi connectivity index (χ0v) is 16.2. The third-order valence-electron chi connectivity index (χ3n) is 3.99. The van der Waals surface area contributed by atoms with Crippen LogP contribution in [-0.4, -0.2) is 24.6 Å². The molecule has 0 aliphatic carbocycles. The van der Waals surface area contributed by atoms with Gasteiger partial charge in [0.15, 0.2) is 5.76 Å². The van der Waals surface area contributed by atoms with E-state index in [2.05, 4.69) is 10.6 Å². The molecule has 0 atom stereocenters. The van der Waals surface area contributed by atoms with Crippen molar-refractivity contribution >= 4 is 23.7 Å². The molecule has 0 saturated carbocycles. The molecule has 30 heavy (non-hydrogen) atoms. The second-order valence-corrected chi connectivity index (χ2v) is 6.12. The SMILES string of the molecule is CCOC(=O)Oc1ccc(C(=O)Nc2ccc(CNC(=O)c3ccco3)cc2)cc1. The summed E-state index contributed by atoms with van der Waals surface area (Å²) in [6.45, 7) is 2.22. The number of carbonyl (C=O) groups is 3. The molecule has 2 amide bonds. The first-order chi connectivity index (χ1) is 14.5. The minimum atomic E-state index is -0.796. The molecule has 0 radical (unpaired) electrons. The summed E-state index contributed by atoms with van der Waals surface area (Å²) in [5.74, 6) is -0.0761. The standard InChI is InChI=1S/C22H20N2O6/c1-2-28-22(27)30-18-11-7-16(8-12-18)20(25)24-17-9-5-15(6-10-17)14-23-21(26)19-4-3-13-29-19/h3-13H,2,14H2,1H3,(H,23,26)(H,24,25). The highest BCUT2D eigenvalue weighted by Gasteiger charge is 2.10. The van der Waals surface area contributed by atoms with Gasteiger partial charge in [-0.25, -0.2) is 4.79 Å². The summed E-state index contributed by atoms with van der Waals surface area (Å²) in [4.78, 5) is 35.5. The first-order valence-corrected chi connectivity index (χ1v) is 9.22. The molecule has 0 aliphatic rings. The molecule has 0 aliphatic heterocycles. The Hall–Kier alpha value is -4.07. The smallest absolute Gasteiger partial charge is 0.459 e. The largest absolute Gasteiger partial charge is 0.513 e. The first kappa shape index (κ1) is 20.7.